The van der Waals surface area contributed by atoms with Gasteiger partial charge in [-0.2, -0.15) is 0 Å². The summed E-state index contributed by atoms with van der Waals surface area (Å²) >= 11 is 0. The number of benzene rings is 1. The summed E-state index contributed by atoms with van der Waals surface area (Å²) < 4.78 is 12.8. The van der Waals surface area contributed by atoms with Crippen LogP contribution < -0.4 is 5.73 Å². The molecule has 0 aliphatic carbocycles. The van der Waals surface area contributed by atoms with Gasteiger partial charge in [0.05, 0.1) is 0 Å². The molecule has 5 heteroatoms. The van der Waals surface area contributed by atoms with Crippen molar-refractivity contribution < 1.29 is 9.18 Å². The Kier molecular flexibility index (Phi) is 3.75. The first-order valence-corrected chi connectivity index (χ1v) is 5.77. The molecule has 0 atom stereocenters. The van der Waals surface area contributed by atoms with Gasteiger partial charge in [0.15, 0.2) is 0 Å². The molecule has 0 unspecified atom stereocenters. The molecule has 0 saturated heterocycles. The second-order valence-electron chi connectivity index (χ2n) is 4.26. The van der Waals surface area contributed by atoms with Crippen molar-refractivity contribution in [2.75, 3.05) is 12.8 Å². The van der Waals surface area contributed by atoms with E-state index >= 15 is 0 Å². The van der Waals surface area contributed by atoms with Gasteiger partial charge < -0.3 is 10.6 Å². The summed E-state index contributed by atoms with van der Waals surface area (Å²) in [7, 11) is 1.68. The number of hydrogen-bond acceptors (Lipinski definition) is 3. The van der Waals surface area contributed by atoms with E-state index in [2.05, 4.69) is 4.98 Å². The van der Waals surface area contributed by atoms with Gasteiger partial charge in [-0.1, -0.05) is 12.1 Å². The van der Waals surface area contributed by atoms with Crippen LogP contribution in [0, 0.1) is 5.82 Å². The van der Waals surface area contributed by atoms with Crippen molar-refractivity contribution in [1.29, 1.82) is 0 Å². The molecule has 1 aromatic carbocycles. The van der Waals surface area contributed by atoms with Crippen LogP contribution in [0.4, 0.5) is 10.2 Å². The summed E-state index contributed by atoms with van der Waals surface area (Å²) in [6, 6.07) is 9.19. The molecule has 1 amide bonds. The fourth-order valence-corrected chi connectivity index (χ4v) is 1.74. The van der Waals surface area contributed by atoms with E-state index in [4.69, 9.17) is 5.73 Å². The smallest absolute Gasteiger partial charge is 0.254 e. The molecule has 0 saturated carbocycles. The van der Waals surface area contributed by atoms with Gasteiger partial charge in [-0.15, -0.1) is 0 Å². The fourth-order valence-electron chi connectivity index (χ4n) is 1.74. The Labute approximate surface area is 110 Å². The third kappa shape index (κ3) is 3.28. The Hall–Kier alpha value is -2.43. The molecule has 98 valence electrons. The maximum atomic E-state index is 12.8. The van der Waals surface area contributed by atoms with E-state index in [1.165, 1.54) is 24.4 Å². The highest BCUT2D eigenvalue weighted by Crippen LogP contribution is 2.10. The van der Waals surface area contributed by atoms with Crippen molar-refractivity contribution in [2.24, 2.45) is 0 Å². The quantitative estimate of drug-likeness (QED) is 0.918. The van der Waals surface area contributed by atoms with Crippen LogP contribution in [0.15, 0.2) is 42.6 Å². The summed E-state index contributed by atoms with van der Waals surface area (Å²) in [4.78, 5) is 17.5. The van der Waals surface area contributed by atoms with Gasteiger partial charge >= 0.3 is 0 Å². The standard InChI is InChI=1S/C14H14FN3O/c1-18(9-10-2-4-12(15)5-3-10)14(19)11-6-7-17-13(16)8-11/h2-8H,9H2,1H3,(H2,16,17). The molecule has 0 aliphatic rings. The molecule has 0 fully saturated rings. The van der Waals surface area contributed by atoms with E-state index in [0.29, 0.717) is 17.9 Å². The van der Waals surface area contributed by atoms with Gasteiger partial charge in [-0.3, -0.25) is 4.79 Å². The fraction of sp³-hybridized carbons (Fsp3) is 0.143. The molecule has 2 N–H and O–H groups in total. The van der Waals surface area contributed by atoms with Crippen LogP contribution in [-0.4, -0.2) is 22.8 Å². The lowest BCUT2D eigenvalue weighted by Crippen LogP contribution is -2.26. The summed E-state index contributed by atoms with van der Waals surface area (Å²) in [6.07, 6.45) is 1.49. The summed E-state index contributed by atoms with van der Waals surface area (Å²) in [5.74, 6) is -0.140. The minimum atomic E-state index is -0.292. The zero-order chi connectivity index (χ0) is 13.8. The number of hydrogen-bond donors (Lipinski definition) is 1. The lowest BCUT2D eigenvalue weighted by atomic mass is 10.2. The average Bonchev–Trinajstić information content (AvgIpc) is 2.40. The number of rotatable bonds is 3. The molecule has 4 nitrogen and oxygen atoms in total. The van der Waals surface area contributed by atoms with Crippen LogP contribution in [0.25, 0.3) is 0 Å². The van der Waals surface area contributed by atoms with Crippen molar-refractivity contribution in [1.82, 2.24) is 9.88 Å². The number of nitrogens with zero attached hydrogens (tertiary/aromatic N) is 2. The lowest BCUT2D eigenvalue weighted by molar-refractivity contribution is 0.0785. The molecular formula is C14H14FN3O. The van der Waals surface area contributed by atoms with Gasteiger partial charge in [0, 0.05) is 25.4 Å². The van der Waals surface area contributed by atoms with Gasteiger partial charge in [-0.25, -0.2) is 9.37 Å². The number of nitrogens with two attached hydrogens (primary N) is 1. The van der Waals surface area contributed by atoms with Crippen LogP contribution in [0.1, 0.15) is 15.9 Å². The first-order valence-electron chi connectivity index (χ1n) is 5.77. The topological polar surface area (TPSA) is 59.2 Å². The first kappa shape index (κ1) is 13.0. The maximum absolute atomic E-state index is 12.8. The number of carbonyl (C=O) groups excluding carboxylic acids is 1. The third-order valence-corrected chi connectivity index (χ3v) is 2.71. The normalized spacial score (nSPS) is 10.2. The Morgan fingerprint density at radius 3 is 2.63 bits per heavy atom. The highest BCUT2D eigenvalue weighted by molar-refractivity contribution is 5.94. The number of amides is 1. The second-order valence-corrected chi connectivity index (χ2v) is 4.26. The largest absolute Gasteiger partial charge is 0.384 e. The van der Waals surface area contributed by atoms with Gasteiger partial charge in [0.2, 0.25) is 0 Å². The van der Waals surface area contributed by atoms with E-state index in [-0.39, 0.29) is 11.7 Å². The molecule has 0 spiro atoms. The molecule has 2 aromatic rings. The van der Waals surface area contributed by atoms with E-state index in [9.17, 15) is 9.18 Å². The van der Waals surface area contributed by atoms with Crippen LogP contribution in [-0.2, 0) is 6.54 Å². The van der Waals surface area contributed by atoms with E-state index in [1.807, 2.05) is 0 Å². The minimum Gasteiger partial charge on any atom is -0.384 e. The highest BCUT2D eigenvalue weighted by atomic mass is 19.1. The summed E-state index contributed by atoms with van der Waals surface area (Å²) in [5.41, 5.74) is 6.89. The number of aromatic nitrogens is 1. The van der Waals surface area contributed by atoms with Crippen molar-refractivity contribution >= 4 is 11.7 Å². The predicted molar refractivity (Wildman–Crippen MR) is 70.8 cm³/mol. The van der Waals surface area contributed by atoms with Crippen molar-refractivity contribution in [3.05, 3.63) is 59.5 Å². The van der Waals surface area contributed by atoms with E-state index in [1.54, 1.807) is 30.1 Å². The van der Waals surface area contributed by atoms with E-state index in [0.717, 1.165) is 5.56 Å². The van der Waals surface area contributed by atoms with Crippen LogP contribution in [0.3, 0.4) is 0 Å². The van der Waals surface area contributed by atoms with Crippen molar-refractivity contribution in [2.45, 2.75) is 6.54 Å². The Morgan fingerprint density at radius 2 is 2.00 bits per heavy atom. The predicted octanol–water partition coefficient (Wildman–Crippen LogP) is 2.08. The van der Waals surface area contributed by atoms with E-state index < -0.39 is 0 Å². The third-order valence-electron chi connectivity index (χ3n) is 2.71. The van der Waals surface area contributed by atoms with Crippen molar-refractivity contribution in [3.63, 3.8) is 0 Å². The van der Waals surface area contributed by atoms with Gasteiger partial charge in [0.25, 0.3) is 5.91 Å². The molecule has 19 heavy (non-hydrogen) atoms. The zero-order valence-electron chi connectivity index (χ0n) is 10.5. The Balaban J connectivity index is 2.09. The summed E-state index contributed by atoms with van der Waals surface area (Å²) in [5, 5.41) is 0. The van der Waals surface area contributed by atoms with Crippen LogP contribution in [0.2, 0.25) is 0 Å². The van der Waals surface area contributed by atoms with Crippen LogP contribution in [0.5, 0.6) is 0 Å². The molecule has 0 aliphatic heterocycles. The SMILES string of the molecule is CN(Cc1ccc(F)cc1)C(=O)c1ccnc(N)c1. The highest BCUT2D eigenvalue weighted by Gasteiger charge is 2.12. The zero-order valence-corrected chi connectivity index (χ0v) is 10.5. The number of pyridine rings is 1. The molecule has 0 bridgehead atoms. The van der Waals surface area contributed by atoms with Gasteiger partial charge in [-0.05, 0) is 29.8 Å². The number of nitrogen functional groups attached to an aromatic ring is 1. The average molecular weight is 259 g/mol. The number of carbonyl (C=O) groups is 1. The minimum absolute atomic E-state index is 0.154. The van der Waals surface area contributed by atoms with Crippen LogP contribution >= 0.6 is 0 Å². The molecule has 1 heterocycles. The molecule has 2 rings (SSSR count). The Bertz CT molecular complexity index is 583. The van der Waals surface area contributed by atoms with Crippen molar-refractivity contribution in [3.8, 4) is 0 Å². The maximum Gasteiger partial charge on any atom is 0.254 e. The first-order chi connectivity index (χ1) is 9.06. The van der Waals surface area contributed by atoms with Gasteiger partial charge in [0.1, 0.15) is 11.6 Å². The molecule has 1 aromatic heterocycles. The lowest BCUT2D eigenvalue weighted by Gasteiger charge is -2.17. The Morgan fingerprint density at radius 1 is 1.32 bits per heavy atom. The summed E-state index contributed by atoms with van der Waals surface area (Å²) in [6.45, 7) is 0.404. The number of anilines is 1. The second kappa shape index (κ2) is 5.48. The monoisotopic (exact) mass is 259 g/mol. The number of halogens is 1. The molecular weight excluding hydrogens is 245 g/mol. The molecule has 0 radical (unpaired) electrons.